The van der Waals surface area contributed by atoms with Crippen LogP contribution in [0.2, 0.25) is 0 Å². The Bertz CT molecular complexity index is 247. The molecule has 0 saturated heterocycles. The van der Waals surface area contributed by atoms with Crippen LogP contribution in [0.4, 0.5) is 0 Å². The van der Waals surface area contributed by atoms with Crippen LogP contribution in [0, 0.1) is 0 Å². The van der Waals surface area contributed by atoms with Crippen molar-refractivity contribution in [1.82, 2.24) is 0 Å². The van der Waals surface area contributed by atoms with E-state index in [-0.39, 0.29) is 6.54 Å². The molecule has 0 spiro atoms. The van der Waals surface area contributed by atoms with Gasteiger partial charge in [0, 0.05) is 0 Å². The minimum atomic E-state index is -1.38. The second-order valence-corrected chi connectivity index (χ2v) is 3.79. The topological polar surface area (TPSA) is 57.5 Å². The van der Waals surface area contributed by atoms with Crippen molar-refractivity contribution in [3.05, 3.63) is 38.0 Å². The molecule has 4 nitrogen and oxygen atoms in total. The summed E-state index contributed by atoms with van der Waals surface area (Å²) < 4.78 is 0.379. The number of hydrogen-bond acceptors (Lipinski definition) is 2. The Kier molecular flexibility index (Phi) is 6.37. The van der Waals surface area contributed by atoms with Gasteiger partial charge in [0.1, 0.15) is 6.54 Å². The Hall–Kier alpha value is -1.39. The molecule has 0 aliphatic carbocycles. The van der Waals surface area contributed by atoms with Crippen LogP contribution in [0.15, 0.2) is 38.0 Å². The molecule has 2 N–H and O–H groups in total. The summed E-state index contributed by atoms with van der Waals surface area (Å²) in [4.78, 5) is 10.7. The highest BCUT2D eigenvalue weighted by atomic mass is 16.4. The lowest BCUT2D eigenvalue weighted by Gasteiger charge is -2.36. The molecule has 90 valence electrons. The molecule has 0 aliphatic rings. The number of rotatable bonds is 9. The summed E-state index contributed by atoms with van der Waals surface area (Å²) in [5, 5.41) is 18.1. The highest BCUT2D eigenvalue weighted by Gasteiger charge is 2.30. The Morgan fingerprint density at radius 2 is 1.50 bits per heavy atom. The summed E-state index contributed by atoms with van der Waals surface area (Å²) in [7, 11) is 0. The molecule has 1 atom stereocenters. The van der Waals surface area contributed by atoms with Crippen LogP contribution >= 0.6 is 0 Å². The maximum Gasteiger partial charge on any atom is 0.338 e. The van der Waals surface area contributed by atoms with Crippen molar-refractivity contribution in [2.24, 2.45) is 0 Å². The van der Waals surface area contributed by atoms with Gasteiger partial charge in [-0.25, -0.2) is 4.79 Å². The first-order valence-corrected chi connectivity index (χ1v) is 5.10. The molecule has 0 aromatic rings. The van der Waals surface area contributed by atoms with Crippen LogP contribution in [-0.4, -0.2) is 52.9 Å². The molecule has 0 rings (SSSR count). The molecule has 0 aromatic carbocycles. The third-order valence-corrected chi connectivity index (χ3v) is 2.39. The average molecular weight is 226 g/mol. The van der Waals surface area contributed by atoms with Gasteiger partial charge < -0.3 is 14.7 Å². The smallest absolute Gasteiger partial charge is 0.338 e. The lowest BCUT2D eigenvalue weighted by Crippen LogP contribution is -2.54. The second kappa shape index (κ2) is 6.98. The van der Waals surface area contributed by atoms with Gasteiger partial charge in [-0.15, -0.1) is 0 Å². The number of hydrogen-bond donors (Lipinski definition) is 2. The zero-order valence-corrected chi connectivity index (χ0v) is 9.51. The Morgan fingerprint density at radius 1 is 1.12 bits per heavy atom. The molecule has 0 saturated carbocycles. The van der Waals surface area contributed by atoms with E-state index in [0.29, 0.717) is 24.1 Å². The summed E-state index contributed by atoms with van der Waals surface area (Å²) in [6.07, 6.45) is 3.75. The van der Waals surface area contributed by atoms with E-state index in [4.69, 9.17) is 5.11 Å². The monoisotopic (exact) mass is 226 g/mol. The van der Waals surface area contributed by atoms with E-state index in [1.807, 2.05) is 0 Å². The van der Waals surface area contributed by atoms with E-state index in [1.165, 1.54) is 0 Å². The minimum absolute atomic E-state index is 0.124. The molecule has 4 heteroatoms. The van der Waals surface area contributed by atoms with Gasteiger partial charge >= 0.3 is 5.97 Å². The van der Waals surface area contributed by atoms with Crippen molar-refractivity contribution in [3.63, 3.8) is 0 Å². The Labute approximate surface area is 96.4 Å². The van der Waals surface area contributed by atoms with E-state index in [9.17, 15) is 9.90 Å². The third kappa shape index (κ3) is 4.42. The standard InChI is InChI=1S/C12H19NO3/c1-4-7-13(8-5-2,9-6-3)10-11(14)12(15)16/h4-6,11,14H,1-3,7-10H2/p+1. The van der Waals surface area contributed by atoms with Gasteiger partial charge in [0.15, 0.2) is 0 Å². The van der Waals surface area contributed by atoms with Crippen molar-refractivity contribution >= 4 is 5.97 Å². The van der Waals surface area contributed by atoms with Crippen LogP contribution in [0.25, 0.3) is 0 Å². The molecular weight excluding hydrogens is 206 g/mol. The van der Waals surface area contributed by atoms with Crippen molar-refractivity contribution < 1.29 is 19.5 Å². The Balaban J connectivity index is 4.83. The first-order valence-electron chi connectivity index (χ1n) is 5.10. The molecule has 0 heterocycles. The van der Waals surface area contributed by atoms with Crippen LogP contribution < -0.4 is 0 Å². The first-order chi connectivity index (χ1) is 7.51. The molecule has 0 radical (unpaired) electrons. The quantitative estimate of drug-likeness (QED) is 0.452. The number of nitrogens with zero attached hydrogens (tertiary/aromatic N) is 1. The van der Waals surface area contributed by atoms with Gasteiger partial charge in [-0.2, -0.15) is 0 Å². The molecule has 0 fully saturated rings. The lowest BCUT2D eigenvalue weighted by molar-refractivity contribution is -0.913. The Morgan fingerprint density at radius 3 is 1.75 bits per heavy atom. The van der Waals surface area contributed by atoms with Gasteiger partial charge in [-0.05, 0) is 18.2 Å². The van der Waals surface area contributed by atoms with Crippen LogP contribution in [0.3, 0.4) is 0 Å². The fourth-order valence-corrected chi connectivity index (χ4v) is 1.71. The van der Waals surface area contributed by atoms with Crippen molar-refractivity contribution in [3.8, 4) is 0 Å². The number of aliphatic hydroxyl groups is 1. The van der Waals surface area contributed by atoms with Crippen molar-refractivity contribution in [1.29, 1.82) is 0 Å². The van der Waals surface area contributed by atoms with Crippen molar-refractivity contribution in [2.45, 2.75) is 6.10 Å². The number of carbonyl (C=O) groups is 1. The zero-order valence-electron chi connectivity index (χ0n) is 9.51. The molecule has 16 heavy (non-hydrogen) atoms. The first kappa shape index (κ1) is 14.6. The van der Waals surface area contributed by atoms with Gasteiger partial charge in [0.05, 0.1) is 19.6 Å². The highest BCUT2D eigenvalue weighted by molar-refractivity contribution is 5.71. The molecule has 0 aromatic heterocycles. The average Bonchev–Trinajstić information content (AvgIpc) is 2.18. The molecule has 0 bridgehead atoms. The summed E-state index contributed by atoms with van der Waals surface area (Å²) in [6.45, 7) is 12.8. The zero-order chi connectivity index (χ0) is 12.6. The molecule has 0 amide bonds. The lowest BCUT2D eigenvalue weighted by atomic mass is 10.2. The van der Waals surface area contributed by atoms with Crippen molar-refractivity contribution in [2.75, 3.05) is 26.2 Å². The SMILES string of the molecule is C=CC[N+](CC=C)(CC=C)CC(O)C(=O)O. The summed E-state index contributed by atoms with van der Waals surface area (Å²) >= 11 is 0. The summed E-state index contributed by atoms with van der Waals surface area (Å²) in [6, 6.07) is 0. The highest BCUT2D eigenvalue weighted by Crippen LogP contribution is 2.10. The summed E-state index contributed by atoms with van der Waals surface area (Å²) in [5.74, 6) is -1.21. The molecule has 1 unspecified atom stereocenters. The number of carboxylic acid groups (broad SMARTS) is 1. The predicted octanol–water partition coefficient (Wildman–Crippen LogP) is 0.807. The molecule has 0 aliphatic heterocycles. The normalized spacial score (nSPS) is 12.8. The van der Waals surface area contributed by atoms with Crippen LogP contribution in [0.1, 0.15) is 0 Å². The maximum absolute atomic E-state index is 10.7. The maximum atomic E-state index is 10.7. The number of aliphatic carboxylic acids is 1. The van der Waals surface area contributed by atoms with Gasteiger partial charge in [-0.1, -0.05) is 19.7 Å². The fourth-order valence-electron chi connectivity index (χ4n) is 1.71. The van der Waals surface area contributed by atoms with Gasteiger partial charge in [-0.3, -0.25) is 0 Å². The van der Waals surface area contributed by atoms with E-state index in [1.54, 1.807) is 18.2 Å². The van der Waals surface area contributed by atoms with Crippen LogP contribution in [-0.2, 0) is 4.79 Å². The van der Waals surface area contributed by atoms with Crippen LogP contribution in [0.5, 0.6) is 0 Å². The number of aliphatic hydroxyl groups excluding tert-OH is 1. The number of quaternary nitrogens is 1. The summed E-state index contributed by atoms with van der Waals surface area (Å²) in [5.41, 5.74) is 0. The van der Waals surface area contributed by atoms with E-state index in [0.717, 1.165) is 0 Å². The molecular formula is C12H20NO3+. The van der Waals surface area contributed by atoms with E-state index in [2.05, 4.69) is 19.7 Å². The fraction of sp³-hybridized carbons (Fsp3) is 0.417. The predicted molar refractivity (Wildman–Crippen MR) is 64.0 cm³/mol. The minimum Gasteiger partial charge on any atom is -0.479 e. The van der Waals surface area contributed by atoms with E-state index < -0.39 is 12.1 Å². The van der Waals surface area contributed by atoms with Gasteiger partial charge in [0.25, 0.3) is 0 Å². The van der Waals surface area contributed by atoms with Gasteiger partial charge in [0.2, 0.25) is 6.10 Å². The van der Waals surface area contributed by atoms with E-state index >= 15 is 0 Å². The largest absolute Gasteiger partial charge is 0.479 e. The second-order valence-electron chi connectivity index (χ2n) is 3.79. The third-order valence-electron chi connectivity index (χ3n) is 2.39. The number of carboxylic acids is 1.